The van der Waals surface area contributed by atoms with E-state index in [2.05, 4.69) is 36.1 Å². The van der Waals surface area contributed by atoms with Gasteiger partial charge in [0, 0.05) is 12.2 Å². The molecule has 3 nitrogen and oxygen atoms in total. The summed E-state index contributed by atoms with van der Waals surface area (Å²) in [5.41, 5.74) is 1.26. The lowest BCUT2D eigenvalue weighted by Crippen LogP contribution is -2.24. The van der Waals surface area contributed by atoms with E-state index >= 15 is 0 Å². The van der Waals surface area contributed by atoms with Crippen molar-refractivity contribution in [1.82, 2.24) is 15.1 Å². The summed E-state index contributed by atoms with van der Waals surface area (Å²) in [7, 11) is 2.03. The van der Waals surface area contributed by atoms with E-state index < -0.39 is 0 Å². The van der Waals surface area contributed by atoms with Crippen LogP contribution in [-0.2, 0) is 6.42 Å². The minimum atomic E-state index is 0.594. The Morgan fingerprint density at radius 1 is 1.39 bits per heavy atom. The summed E-state index contributed by atoms with van der Waals surface area (Å²) in [4.78, 5) is 0. The first-order valence-corrected chi connectivity index (χ1v) is 7.40. The summed E-state index contributed by atoms with van der Waals surface area (Å²) in [6.45, 7) is 4.57. The molecule has 102 valence electrons. The topological polar surface area (TPSA) is 29.9 Å². The summed E-state index contributed by atoms with van der Waals surface area (Å²) in [5, 5.41) is 8.07. The van der Waals surface area contributed by atoms with E-state index in [-0.39, 0.29) is 0 Å². The highest BCUT2D eigenvalue weighted by Crippen LogP contribution is 2.28. The Labute approximate surface area is 111 Å². The molecule has 18 heavy (non-hydrogen) atoms. The zero-order valence-corrected chi connectivity index (χ0v) is 12.0. The van der Waals surface area contributed by atoms with Gasteiger partial charge in [0.15, 0.2) is 0 Å². The lowest BCUT2D eigenvalue weighted by Gasteiger charge is -2.15. The van der Waals surface area contributed by atoms with Crippen LogP contribution in [0.15, 0.2) is 12.3 Å². The lowest BCUT2D eigenvalue weighted by molar-refractivity contribution is 0.426. The summed E-state index contributed by atoms with van der Waals surface area (Å²) in [6, 6.07) is 3.47. The van der Waals surface area contributed by atoms with Gasteiger partial charge in [-0.3, -0.25) is 4.68 Å². The molecule has 2 rings (SSSR count). The Morgan fingerprint density at radius 3 is 2.78 bits per heavy atom. The maximum Gasteiger partial charge on any atom is 0.0627 e. The Hall–Kier alpha value is -0.830. The molecule has 1 aromatic rings. The maximum absolute atomic E-state index is 4.76. The van der Waals surface area contributed by atoms with Crippen LogP contribution >= 0.6 is 0 Å². The largest absolute Gasteiger partial charge is 0.317 e. The van der Waals surface area contributed by atoms with Crippen molar-refractivity contribution in [3.63, 3.8) is 0 Å². The average Bonchev–Trinajstić information content (AvgIpc) is 2.98. The fourth-order valence-corrected chi connectivity index (χ4v) is 3.02. The fraction of sp³-hybridized carbons (Fsp3) is 0.800. The Balaban J connectivity index is 1.85. The van der Waals surface area contributed by atoms with Gasteiger partial charge in [-0.2, -0.15) is 5.10 Å². The molecule has 3 heteroatoms. The predicted molar refractivity (Wildman–Crippen MR) is 75.7 cm³/mol. The molecule has 0 saturated heterocycles. The number of hydrogen-bond donors (Lipinski definition) is 1. The van der Waals surface area contributed by atoms with Crippen molar-refractivity contribution in [1.29, 1.82) is 0 Å². The van der Waals surface area contributed by atoms with Gasteiger partial charge in [0.2, 0.25) is 0 Å². The quantitative estimate of drug-likeness (QED) is 0.839. The molecule has 0 amide bonds. The van der Waals surface area contributed by atoms with E-state index in [9.17, 15) is 0 Å². The minimum absolute atomic E-state index is 0.594. The van der Waals surface area contributed by atoms with Gasteiger partial charge in [0.25, 0.3) is 0 Å². The minimum Gasteiger partial charge on any atom is -0.317 e. The molecule has 1 aliphatic carbocycles. The van der Waals surface area contributed by atoms with E-state index in [4.69, 9.17) is 5.10 Å². The van der Waals surface area contributed by atoms with Gasteiger partial charge in [0.05, 0.1) is 11.7 Å². The summed E-state index contributed by atoms with van der Waals surface area (Å²) < 4.78 is 2.20. The van der Waals surface area contributed by atoms with Crippen molar-refractivity contribution in [2.24, 2.45) is 5.92 Å². The normalized spacial score (nSPS) is 20.2. The predicted octanol–water partition coefficient (Wildman–Crippen LogP) is 3.17. The highest BCUT2D eigenvalue weighted by molar-refractivity contribution is 5.01. The molecule has 1 N–H and O–H groups in total. The molecule has 0 spiro atoms. The summed E-state index contributed by atoms with van der Waals surface area (Å²) >= 11 is 0. The number of hydrogen-bond acceptors (Lipinski definition) is 2. The first kappa shape index (κ1) is 13.6. The van der Waals surface area contributed by atoms with Crippen LogP contribution in [-0.4, -0.2) is 22.9 Å². The van der Waals surface area contributed by atoms with Crippen molar-refractivity contribution >= 4 is 0 Å². The molecular formula is C15H27N3. The molecule has 0 bridgehead atoms. The first-order valence-electron chi connectivity index (χ1n) is 7.40. The standard InChI is InChI=1S/C15H27N3/c1-12(10-13(2)16-3)11-14-8-9-18(17-14)15-6-4-5-7-15/h8-9,12-13,15-16H,4-7,10-11H2,1-3H3. The Morgan fingerprint density at radius 2 is 2.11 bits per heavy atom. The summed E-state index contributed by atoms with van der Waals surface area (Å²) in [6.07, 6.45) is 9.87. The van der Waals surface area contributed by atoms with Crippen molar-refractivity contribution in [2.75, 3.05) is 7.05 Å². The third kappa shape index (κ3) is 3.58. The van der Waals surface area contributed by atoms with Crippen LogP contribution in [0.25, 0.3) is 0 Å². The molecule has 0 radical (unpaired) electrons. The molecule has 2 unspecified atom stereocenters. The molecule has 2 atom stereocenters. The average molecular weight is 249 g/mol. The maximum atomic E-state index is 4.76. The number of aromatic nitrogens is 2. The van der Waals surface area contributed by atoms with Crippen LogP contribution in [0.2, 0.25) is 0 Å². The third-order valence-corrected chi connectivity index (χ3v) is 4.17. The van der Waals surface area contributed by atoms with Gasteiger partial charge in [-0.15, -0.1) is 0 Å². The number of nitrogens with one attached hydrogen (secondary N) is 1. The van der Waals surface area contributed by atoms with Crippen molar-refractivity contribution in [2.45, 2.75) is 64.5 Å². The zero-order valence-electron chi connectivity index (χ0n) is 12.0. The molecule has 1 heterocycles. The smallest absolute Gasteiger partial charge is 0.0627 e. The van der Waals surface area contributed by atoms with E-state index in [1.54, 1.807) is 0 Å². The first-order chi connectivity index (χ1) is 8.69. The van der Waals surface area contributed by atoms with Crippen LogP contribution in [0.1, 0.15) is 57.7 Å². The second-order valence-corrected chi connectivity index (χ2v) is 5.96. The zero-order chi connectivity index (χ0) is 13.0. The molecule has 1 fully saturated rings. The number of rotatable bonds is 6. The third-order valence-electron chi connectivity index (χ3n) is 4.17. The van der Waals surface area contributed by atoms with Crippen LogP contribution in [0, 0.1) is 5.92 Å². The van der Waals surface area contributed by atoms with Crippen molar-refractivity contribution in [3.05, 3.63) is 18.0 Å². The van der Waals surface area contributed by atoms with E-state index in [0.29, 0.717) is 18.0 Å². The fourth-order valence-electron chi connectivity index (χ4n) is 3.02. The van der Waals surface area contributed by atoms with Gasteiger partial charge < -0.3 is 5.32 Å². The molecule has 1 aromatic heterocycles. The van der Waals surface area contributed by atoms with Gasteiger partial charge >= 0.3 is 0 Å². The second-order valence-electron chi connectivity index (χ2n) is 5.96. The highest BCUT2D eigenvalue weighted by atomic mass is 15.3. The Bertz CT molecular complexity index is 352. The van der Waals surface area contributed by atoms with Crippen LogP contribution < -0.4 is 5.32 Å². The van der Waals surface area contributed by atoms with E-state index in [1.165, 1.54) is 37.8 Å². The molecule has 0 aliphatic heterocycles. The second kappa shape index (κ2) is 6.37. The van der Waals surface area contributed by atoms with Gasteiger partial charge in [-0.1, -0.05) is 19.8 Å². The van der Waals surface area contributed by atoms with Gasteiger partial charge in [-0.25, -0.2) is 0 Å². The number of nitrogens with zero attached hydrogens (tertiary/aromatic N) is 2. The van der Waals surface area contributed by atoms with Crippen molar-refractivity contribution < 1.29 is 0 Å². The highest BCUT2D eigenvalue weighted by Gasteiger charge is 2.18. The molecule has 0 aromatic carbocycles. The van der Waals surface area contributed by atoms with Crippen LogP contribution in [0.5, 0.6) is 0 Å². The van der Waals surface area contributed by atoms with Crippen LogP contribution in [0.3, 0.4) is 0 Å². The van der Waals surface area contributed by atoms with Crippen molar-refractivity contribution in [3.8, 4) is 0 Å². The SMILES string of the molecule is CNC(C)CC(C)Cc1ccn(C2CCCC2)n1. The molecule has 1 saturated carbocycles. The van der Waals surface area contributed by atoms with E-state index in [1.807, 2.05) is 7.05 Å². The van der Waals surface area contributed by atoms with Gasteiger partial charge in [0.1, 0.15) is 0 Å². The van der Waals surface area contributed by atoms with E-state index in [0.717, 1.165) is 6.42 Å². The monoisotopic (exact) mass is 249 g/mol. The van der Waals surface area contributed by atoms with Gasteiger partial charge in [-0.05, 0) is 51.6 Å². The van der Waals surface area contributed by atoms with Crippen LogP contribution in [0.4, 0.5) is 0 Å². The lowest BCUT2D eigenvalue weighted by atomic mass is 9.98. The molecule has 1 aliphatic rings. The summed E-state index contributed by atoms with van der Waals surface area (Å²) in [5.74, 6) is 0.694. The Kier molecular flexibility index (Phi) is 4.81. The molecular weight excluding hydrogens is 222 g/mol.